The molecule has 4 aromatic rings. The molecule has 0 radical (unpaired) electrons. The summed E-state index contributed by atoms with van der Waals surface area (Å²) in [7, 11) is 0. The average molecular weight is 497 g/mol. The number of Topliss-reactive ketones (excluding diaryl/α,β-unsaturated/α-hetero) is 1. The van der Waals surface area contributed by atoms with Crippen LogP contribution in [0.2, 0.25) is 0 Å². The highest BCUT2D eigenvalue weighted by Crippen LogP contribution is 2.41. The van der Waals surface area contributed by atoms with Crippen LogP contribution >= 0.6 is 0 Å². The number of fused-ring (bicyclic) bond motifs is 1. The summed E-state index contributed by atoms with van der Waals surface area (Å²) in [6, 6.07) is 19.1. The number of benzene rings is 2. The van der Waals surface area contributed by atoms with Crippen LogP contribution in [0.5, 0.6) is 5.75 Å². The van der Waals surface area contributed by atoms with Gasteiger partial charge in [-0.1, -0.05) is 56.2 Å². The smallest absolute Gasteiger partial charge is 0.290 e. The summed E-state index contributed by atoms with van der Waals surface area (Å²) in [6.07, 6.45) is 6.50. The zero-order valence-electron chi connectivity index (χ0n) is 20.6. The lowest BCUT2D eigenvalue weighted by Crippen LogP contribution is -2.30. The van der Waals surface area contributed by atoms with Gasteiger partial charge < -0.3 is 19.2 Å². The molecule has 1 unspecified atom stereocenters. The van der Waals surface area contributed by atoms with Crippen molar-refractivity contribution in [2.24, 2.45) is 0 Å². The van der Waals surface area contributed by atoms with Crippen LogP contribution < -0.4 is 4.74 Å². The fraction of sp³-hybridized carbons (Fsp3) is 0.233. The Morgan fingerprint density at radius 1 is 1.08 bits per heavy atom. The summed E-state index contributed by atoms with van der Waals surface area (Å²) < 4.78 is 11.6. The maximum Gasteiger partial charge on any atom is 0.290 e. The third-order valence-corrected chi connectivity index (χ3v) is 6.49. The Labute approximate surface area is 215 Å². The minimum Gasteiger partial charge on any atom is -0.503 e. The molecule has 1 atom stereocenters. The minimum absolute atomic E-state index is 0.00967. The number of nitrogens with zero attached hydrogens (tertiary/aromatic N) is 2. The second-order valence-corrected chi connectivity index (χ2v) is 9.06. The maximum atomic E-state index is 13.7. The maximum absolute atomic E-state index is 13.7. The molecule has 0 fully saturated rings. The molecule has 1 N–H and O–H groups in total. The molecule has 0 aliphatic carbocycles. The van der Waals surface area contributed by atoms with Crippen molar-refractivity contribution >= 4 is 22.7 Å². The predicted molar refractivity (Wildman–Crippen MR) is 139 cm³/mol. The number of unbranched alkanes of at least 4 members (excludes halogenated alkanes) is 2. The Morgan fingerprint density at radius 2 is 1.89 bits per heavy atom. The number of aliphatic hydroxyl groups is 1. The Balaban J connectivity index is 1.50. The van der Waals surface area contributed by atoms with Crippen molar-refractivity contribution in [2.75, 3.05) is 6.61 Å². The molecule has 188 valence electrons. The van der Waals surface area contributed by atoms with Gasteiger partial charge in [0.25, 0.3) is 5.91 Å². The molecular formula is C30H28N2O5. The molecular weight excluding hydrogens is 468 g/mol. The summed E-state index contributed by atoms with van der Waals surface area (Å²) in [4.78, 5) is 32.6. The third-order valence-electron chi connectivity index (χ3n) is 6.49. The molecule has 1 aliphatic rings. The first-order chi connectivity index (χ1) is 18.1. The van der Waals surface area contributed by atoms with Gasteiger partial charge in [0.1, 0.15) is 11.3 Å². The lowest BCUT2D eigenvalue weighted by Gasteiger charge is -2.26. The van der Waals surface area contributed by atoms with Gasteiger partial charge in [-0.05, 0) is 47.9 Å². The number of rotatable bonds is 10. The second kappa shape index (κ2) is 10.7. The van der Waals surface area contributed by atoms with Crippen LogP contribution in [0.4, 0.5) is 0 Å². The third kappa shape index (κ3) is 4.98. The number of carbonyl (C=O) groups excluding carboxylic acids is 2. The van der Waals surface area contributed by atoms with Crippen LogP contribution in [0.25, 0.3) is 11.0 Å². The van der Waals surface area contributed by atoms with Crippen molar-refractivity contribution in [2.45, 2.75) is 38.8 Å². The highest BCUT2D eigenvalue weighted by molar-refractivity contribution is 6.16. The average Bonchev–Trinajstić information content (AvgIpc) is 3.47. The van der Waals surface area contributed by atoms with Gasteiger partial charge in [0.05, 0.1) is 18.2 Å². The number of aliphatic hydroxyl groups excluding tert-OH is 1. The normalized spacial score (nSPS) is 15.5. The number of hydrogen-bond acceptors (Lipinski definition) is 6. The number of pyridine rings is 1. The number of amides is 1. The van der Waals surface area contributed by atoms with Gasteiger partial charge in [0, 0.05) is 24.3 Å². The Bertz CT molecular complexity index is 1410. The van der Waals surface area contributed by atoms with E-state index in [1.54, 1.807) is 30.6 Å². The van der Waals surface area contributed by atoms with Crippen molar-refractivity contribution in [3.63, 3.8) is 0 Å². The van der Waals surface area contributed by atoms with Gasteiger partial charge in [0.15, 0.2) is 11.5 Å². The standard InChI is InChI=1S/C30H28N2O5/c1-2-3-6-16-36-23-13-11-21(12-14-23)27-26(28(33)25-17-22-9-4-5-10-24(22)37-25)29(34)30(35)32(27)19-20-8-7-15-31-18-20/h4-5,7-15,17-18,27,34H,2-3,6,16,19H2,1H3. The molecule has 0 spiro atoms. The van der Waals surface area contributed by atoms with E-state index in [9.17, 15) is 14.7 Å². The molecule has 2 aromatic heterocycles. The van der Waals surface area contributed by atoms with Crippen molar-refractivity contribution in [3.8, 4) is 5.75 Å². The molecule has 1 aliphatic heterocycles. The molecule has 37 heavy (non-hydrogen) atoms. The fourth-order valence-electron chi connectivity index (χ4n) is 4.60. The highest BCUT2D eigenvalue weighted by atomic mass is 16.5. The van der Waals surface area contributed by atoms with Crippen LogP contribution in [0.15, 0.2) is 94.9 Å². The van der Waals surface area contributed by atoms with Gasteiger partial charge in [0.2, 0.25) is 5.78 Å². The minimum atomic E-state index is -0.803. The summed E-state index contributed by atoms with van der Waals surface area (Å²) in [5.41, 5.74) is 2.01. The van der Waals surface area contributed by atoms with E-state index in [0.29, 0.717) is 23.5 Å². The van der Waals surface area contributed by atoms with Gasteiger partial charge in [-0.3, -0.25) is 14.6 Å². The second-order valence-electron chi connectivity index (χ2n) is 9.06. The first kappa shape index (κ1) is 24.3. The van der Waals surface area contributed by atoms with E-state index >= 15 is 0 Å². The van der Waals surface area contributed by atoms with E-state index in [0.717, 1.165) is 30.2 Å². The number of carbonyl (C=O) groups is 2. The zero-order valence-corrected chi connectivity index (χ0v) is 20.6. The molecule has 0 saturated heterocycles. The van der Waals surface area contributed by atoms with Gasteiger partial charge in [-0.25, -0.2) is 0 Å². The van der Waals surface area contributed by atoms with Crippen LogP contribution in [-0.4, -0.2) is 33.3 Å². The van der Waals surface area contributed by atoms with E-state index in [1.165, 1.54) is 4.90 Å². The molecule has 7 nitrogen and oxygen atoms in total. The van der Waals surface area contributed by atoms with Crippen molar-refractivity contribution in [1.82, 2.24) is 9.88 Å². The number of ether oxygens (including phenoxy) is 1. The SMILES string of the molecule is CCCCCOc1ccc(C2C(C(=O)c3cc4ccccc4o3)=C(O)C(=O)N2Cc2cccnc2)cc1. The molecule has 0 bridgehead atoms. The van der Waals surface area contributed by atoms with Gasteiger partial charge >= 0.3 is 0 Å². The monoisotopic (exact) mass is 496 g/mol. The van der Waals surface area contributed by atoms with Crippen LogP contribution in [0, 0.1) is 0 Å². The van der Waals surface area contributed by atoms with E-state index in [2.05, 4.69) is 11.9 Å². The fourth-order valence-corrected chi connectivity index (χ4v) is 4.60. The van der Waals surface area contributed by atoms with Crippen LogP contribution in [0.1, 0.15) is 53.9 Å². The van der Waals surface area contributed by atoms with E-state index in [-0.39, 0.29) is 17.9 Å². The number of ketones is 1. The quantitative estimate of drug-likeness (QED) is 0.208. The van der Waals surface area contributed by atoms with E-state index in [1.807, 2.05) is 48.5 Å². The lowest BCUT2D eigenvalue weighted by atomic mass is 9.94. The first-order valence-electron chi connectivity index (χ1n) is 12.5. The lowest BCUT2D eigenvalue weighted by molar-refractivity contribution is -0.130. The number of aromatic nitrogens is 1. The first-order valence-corrected chi connectivity index (χ1v) is 12.5. The molecule has 2 aromatic carbocycles. The predicted octanol–water partition coefficient (Wildman–Crippen LogP) is 6.18. The summed E-state index contributed by atoms with van der Waals surface area (Å²) in [5.74, 6) is -0.936. The van der Waals surface area contributed by atoms with Crippen LogP contribution in [0.3, 0.4) is 0 Å². The summed E-state index contributed by atoms with van der Waals surface area (Å²) >= 11 is 0. The topological polar surface area (TPSA) is 92.9 Å². The Kier molecular flexibility index (Phi) is 7.03. The van der Waals surface area contributed by atoms with Gasteiger partial charge in [-0.2, -0.15) is 0 Å². The molecule has 7 heteroatoms. The van der Waals surface area contributed by atoms with Crippen molar-refractivity contribution in [1.29, 1.82) is 0 Å². The highest BCUT2D eigenvalue weighted by Gasteiger charge is 2.44. The van der Waals surface area contributed by atoms with E-state index in [4.69, 9.17) is 9.15 Å². The van der Waals surface area contributed by atoms with E-state index < -0.39 is 23.5 Å². The Morgan fingerprint density at radius 3 is 2.62 bits per heavy atom. The zero-order chi connectivity index (χ0) is 25.8. The summed E-state index contributed by atoms with van der Waals surface area (Å²) in [6.45, 7) is 2.94. The van der Waals surface area contributed by atoms with Gasteiger partial charge in [-0.15, -0.1) is 0 Å². The Hall–Kier alpha value is -4.39. The molecule has 5 rings (SSSR count). The molecule has 0 saturated carbocycles. The van der Waals surface area contributed by atoms with Crippen molar-refractivity contribution < 1.29 is 23.8 Å². The number of furan rings is 1. The van der Waals surface area contributed by atoms with Crippen molar-refractivity contribution in [3.05, 3.63) is 107 Å². The number of hydrogen-bond donors (Lipinski definition) is 1. The summed E-state index contributed by atoms with van der Waals surface area (Å²) in [5, 5.41) is 11.7. The largest absolute Gasteiger partial charge is 0.503 e. The molecule has 1 amide bonds. The van der Waals surface area contributed by atoms with Crippen LogP contribution in [-0.2, 0) is 11.3 Å². The number of para-hydroxylation sites is 1. The molecule has 3 heterocycles.